The third-order valence-corrected chi connectivity index (χ3v) is 4.38. The van der Waals surface area contributed by atoms with E-state index in [1.54, 1.807) is 24.3 Å². The number of benzene rings is 2. The maximum absolute atomic E-state index is 12.3. The molecule has 0 bridgehead atoms. The summed E-state index contributed by atoms with van der Waals surface area (Å²) in [6.45, 7) is 0. The second-order valence-electron chi connectivity index (χ2n) is 4.14. The number of halogens is 3. The summed E-state index contributed by atoms with van der Waals surface area (Å²) in [5, 5.41) is 3.49. The van der Waals surface area contributed by atoms with Crippen molar-refractivity contribution in [3.63, 3.8) is 0 Å². The molecule has 0 fully saturated rings. The van der Waals surface area contributed by atoms with Gasteiger partial charge in [0.1, 0.15) is 11.0 Å². The monoisotopic (exact) mass is 401 g/mol. The average molecular weight is 403 g/mol. The Morgan fingerprint density at radius 3 is 2.67 bits per heavy atom. The molecule has 0 aliphatic carbocycles. The van der Waals surface area contributed by atoms with Crippen LogP contribution >= 0.6 is 50.9 Å². The van der Waals surface area contributed by atoms with Crippen molar-refractivity contribution in [2.75, 3.05) is 5.32 Å². The molecule has 1 amide bonds. The summed E-state index contributed by atoms with van der Waals surface area (Å²) >= 11 is 16.6. The first-order chi connectivity index (χ1) is 10.1. The Morgan fingerprint density at radius 2 is 1.90 bits per heavy atom. The molecule has 1 heterocycles. The molecule has 1 N–H and O–H groups in total. The highest BCUT2D eigenvalue weighted by atomic mass is 79.9. The van der Waals surface area contributed by atoms with E-state index in [0.29, 0.717) is 32.3 Å². The van der Waals surface area contributed by atoms with Crippen LogP contribution in [0.4, 0.5) is 5.69 Å². The number of aromatic nitrogens is 2. The smallest absolute Gasteiger partial charge is 0.255 e. The summed E-state index contributed by atoms with van der Waals surface area (Å²) in [5.74, 6) is -0.283. The Balaban J connectivity index is 2.02. The van der Waals surface area contributed by atoms with E-state index < -0.39 is 0 Å². The van der Waals surface area contributed by atoms with Crippen molar-refractivity contribution in [2.45, 2.75) is 0 Å². The van der Waals surface area contributed by atoms with Crippen LogP contribution in [0.3, 0.4) is 0 Å². The molecule has 0 saturated heterocycles. The van der Waals surface area contributed by atoms with Crippen molar-refractivity contribution in [3.05, 3.63) is 50.4 Å². The van der Waals surface area contributed by atoms with Crippen LogP contribution in [0.5, 0.6) is 0 Å². The maximum atomic E-state index is 12.3. The van der Waals surface area contributed by atoms with Crippen LogP contribution in [0.2, 0.25) is 10.0 Å². The van der Waals surface area contributed by atoms with Gasteiger partial charge in [0.2, 0.25) is 0 Å². The Kier molecular flexibility index (Phi) is 4.12. The number of fused-ring (bicyclic) bond motifs is 1. The molecule has 3 rings (SSSR count). The van der Waals surface area contributed by atoms with Gasteiger partial charge in [-0.05, 0) is 24.3 Å². The van der Waals surface area contributed by atoms with Crippen molar-refractivity contribution in [3.8, 4) is 0 Å². The van der Waals surface area contributed by atoms with E-state index >= 15 is 0 Å². The van der Waals surface area contributed by atoms with Gasteiger partial charge in [0.15, 0.2) is 0 Å². The maximum Gasteiger partial charge on any atom is 0.255 e. The highest BCUT2D eigenvalue weighted by molar-refractivity contribution is 9.10. The highest BCUT2D eigenvalue weighted by Gasteiger charge is 2.17. The van der Waals surface area contributed by atoms with E-state index in [4.69, 9.17) is 23.2 Å². The summed E-state index contributed by atoms with van der Waals surface area (Å²) in [4.78, 5) is 12.3. The normalized spacial score (nSPS) is 10.8. The fourth-order valence-corrected chi connectivity index (χ4v) is 3.37. The van der Waals surface area contributed by atoms with Crippen molar-refractivity contribution in [1.82, 2.24) is 8.75 Å². The lowest BCUT2D eigenvalue weighted by atomic mass is 10.2. The van der Waals surface area contributed by atoms with E-state index in [9.17, 15) is 4.79 Å². The highest BCUT2D eigenvalue weighted by Crippen LogP contribution is 2.35. The molecule has 0 saturated carbocycles. The topological polar surface area (TPSA) is 54.9 Å². The lowest BCUT2D eigenvalue weighted by Crippen LogP contribution is -2.12. The zero-order chi connectivity index (χ0) is 15.0. The second kappa shape index (κ2) is 5.88. The minimum absolute atomic E-state index is 0.283. The number of carbonyl (C=O) groups excluding carboxylic acids is 1. The molecule has 0 spiro atoms. The number of hydrogen-bond donors (Lipinski definition) is 1. The van der Waals surface area contributed by atoms with Gasteiger partial charge >= 0.3 is 0 Å². The van der Waals surface area contributed by atoms with Crippen molar-refractivity contribution >= 4 is 73.5 Å². The molecular weight excluding hydrogens is 397 g/mol. The second-order valence-corrected chi connectivity index (χ2v) is 6.40. The van der Waals surface area contributed by atoms with E-state index in [2.05, 4.69) is 30.0 Å². The quantitative estimate of drug-likeness (QED) is 0.655. The van der Waals surface area contributed by atoms with Gasteiger partial charge in [-0.15, -0.1) is 0 Å². The van der Waals surface area contributed by atoms with Crippen molar-refractivity contribution < 1.29 is 4.79 Å². The standard InChI is InChI=1S/C13H6BrCl2N3OS/c14-7-3-1-2-6(4-7)13(20)17-10-8(15)5-9(16)11-12(10)19-21-18-11/h1-5H,(H,17,20). The first-order valence-corrected chi connectivity index (χ1v) is 8.01. The predicted molar refractivity (Wildman–Crippen MR) is 89.5 cm³/mol. The van der Waals surface area contributed by atoms with Crippen molar-refractivity contribution in [1.29, 1.82) is 0 Å². The molecule has 1 aromatic heterocycles. The van der Waals surface area contributed by atoms with Crippen LogP contribution in [-0.4, -0.2) is 14.7 Å². The van der Waals surface area contributed by atoms with Gasteiger partial charge in [0, 0.05) is 10.0 Å². The first kappa shape index (κ1) is 14.7. The van der Waals surface area contributed by atoms with Gasteiger partial charge in [0.25, 0.3) is 5.91 Å². The Bertz CT molecular complexity index is 853. The molecule has 0 aliphatic heterocycles. The SMILES string of the molecule is O=C(Nc1c(Cl)cc(Cl)c2nsnc12)c1cccc(Br)c1. The fourth-order valence-electron chi connectivity index (χ4n) is 1.81. The van der Waals surface area contributed by atoms with Gasteiger partial charge in [-0.1, -0.05) is 45.2 Å². The zero-order valence-corrected chi connectivity index (χ0v) is 14.1. The van der Waals surface area contributed by atoms with E-state index in [-0.39, 0.29) is 5.91 Å². The molecule has 0 aliphatic rings. The predicted octanol–water partition coefficient (Wildman–Crippen LogP) is 5.01. The molecule has 0 atom stereocenters. The summed E-state index contributed by atoms with van der Waals surface area (Å²) in [7, 11) is 0. The minimum atomic E-state index is -0.283. The molecule has 106 valence electrons. The van der Waals surface area contributed by atoms with Crippen LogP contribution in [-0.2, 0) is 0 Å². The Labute approximate surface area is 142 Å². The largest absolute Gasteiger partial charge is 0.319 e. The first-order valence-electron chi connectivity index (χ1n) is 5.73. The minimum Gasteiger partial charge on any atom is -0.319 e. The van der Waals surface area contributed by atoms with Crippen LogP contribution in [0.25, 0.3) is 11.0 Å². The van der Waals surface area contributed by atoms with Crippen LogP contribution < -0.4 is 5.32 Å². The summed E-state index contributed by atoms with van der Waals surface area (Å²) < 4.78 is 9.06. The molecule has 0 radical (unpaired) electrons. The molecule has 2 aromatic carbocycles. The molecule has 0 unspecified atom stereocenters. The number of carbonyl (C=O) groups is 1. The number of nitrogens with zero attached hydrogens (tertiary/aromatic N) is 2. The summed E-state index contributed by atoms with van der Waals surface area (Å²) in [5.41, 5.74) is 1.93. The lowest BCUT2D eigenvalue weighted by molar-refractivity contribution is 0.102. The molecule has 4 nitrogen and oxygen atoms in total. The molecule has 3 aromatic rings. The number of rotatable bonds is 2. The zero-order valence-electron chi connectivity index (χ0n) is 10.2. The van der Waals surface area contributed by atoms with E-state index in [1.807, 2.05) is 6.07 Å². The average Bonchev–Trinajstić information content (AvgIpc) is 2.93. The lowest BCUT2D eigenvalue weighted by Gasteiger charge is -2.08. The van der Waals surface area contributed by atoms with Crippen LogP contribution in [0.15, 0.2) is 34.8 Å². The third kappa shape index (κ3) is 2.89. The molecule has 8 heteroatoms. The Hall–Kier alpha value is -1.21. The van der Waals surface area contributed by atoms with Gasteiger partial charge in [0.05, 0.1) is 27.5 Å². The fraction of sp³-hybridized carbons (Fsp3) is 0. The number of amides is 1. The Morgan fingerprint density at radius 1 is 1.14 bits per heavy atom. The number of nitrogens with one attached hydrogen (secondary N) is 1. The van der Waals surface area contributed by atoms with Gasteiger partial charge in [-0.25, -0.2) is 0 Å². The summed E-state index contributed by atoms with van der Waals surface area (Å²) in [6.07, 6.45) is 0. The van der Waals surface area contributed by atoms with Crippen LogP contribution in [0.1, 0.15) is 10.4 Å². The van der Waals surface area contributed by atoms with Gasteiger partial charge in [-0.2, -0.15) is 8.75 Å². The van der Waals surface area contributed by atoms with Gasteiger partial charge < -0.3 is 5.32 Å². The summed E-state index contributed by atoms with van der Waals surface area (Å²) in [6, 6.07) is 8.59. The third-order valence-electron chi connectivity index (χ3n) is 2.77. The van der Waals surface area contributed by atoms with Gasteiger partial charge in [-0.3, -0.25) is 4.79 Å². The number of anilines is 1. The number of hydrogen-bond acceptors (Lipinski definition) is 4. The van der Waals surface area contributed by atoms with E-state index in [1.165, 1.54) is 0 Å². The molecule has 21 heavy (non-hydrogen) atoms. The van der Waals surface area contributed by atoms with Crippen molar-refractivity contribution in [2.24, 2.45) is 0 Å². The molecular formula is C13H6BrCl2N3OS. The van der Waals surface area contributed by atoms with Crippen LogP contribution in [0, 0.1) is 0 Å². The van der Waals surface area contributed by atoms with E-state index in [0.717, 1.165) is 16.2 Å².